The van der Waals surface area contributed by atoms with E-state index in [9.17, 15) is 4.79 Å². The number of nitrogens with zero attached hydrogens (tertiary/aromatic N) is 3. The van der Waals surface area contributed by atoms with Crippen molar-refractivity contribution in [3.8, 4) is 0 Å². The van der Waals surface area contributed by atoms with Gasteiger partial charge in [0.15, 0.2) is 0 Å². The molecule has 0 saturated carbocycles. The van der Waals surface area contributed by atoms with Crippen LogP contribution in [0, 0.1) is 6.92 Å². The molecule has 1 aromatic heterocycles. The molecule has 0 bridgehead atoms. The van der Waals surface area contributed by atoms with Gasteiger partial charge < -0.3 is 10.2 Å². The van der Waals surface area contributed by atoms with Crippen LogP contribution in [0.3, 0.4) is 0 Å². The number of carbonyl (C=O) groups is 1. The minimum absolute atomic E-state index is 0.281. The van der Waals surface area contributed by atoms with E-state index in [1.165, 1.54) is 12.0 Å². The van der Waals surface area contributed by atoms with Crippen LogP contribution in [-0.2, 0) is 4.79 Å². The first kappa shape index (κ1) is 16.0. The van der Waals surface area contributed by atoms with Crippen LogP contribution in [0.5, 0.6) is 0 Å². The molecule has 0 aromatic carbocycles. The summed E-state index contributed by atoms with van der Waals surface area (Å²) in [6.07, 6.45) is 8.11. The highest BCUT2D eigenvalue weighted by molar-refractivity contribution is 5.76. The van der Waals surface area contributed by atoms with E-state index in [4.69, 9.17) is 0 Å². The number of amides is 1. The largest absolute Gasteiger partial charge is 0.343 e. The first-order valence-corrected chi connectivity index (χ1v) is 8.10. The molecule has 0 unspecified atom stereocenters. The minimum atomic E-state index is 0.281. The molecule has 21 heavy (non-hydrogen) atoms. The topological polar surface area (TPSA) is 50.2 Å². The maximum Gasteiger partial charge on any atom is 0.223 e. The van der Waals surface area contributed by atoms with E-state index < -0.39 is 0 Å². The molecule has 1 aliphatic heterocycles. The normalized spacial score (nSPS) is 18.5. The van der Waals surface area contributed by atoms with Gasteiger partial charge in [0.2, 0.25) is 5.91 Å². The highest BCUT2D eigenvalue weighted by Crippen LogP contribution is 2.12. The van der Waals surface area contributed by atoms with E-state index in [0.717, 1.165) is 32.5 Å². The van der Waals surface area contributed by atoms with Crippen molar-refractivity contribution in [2.24, 2.45) is 0 Å². The van der Waals surface area contributed by atoms with Gasteiger partial charge in [0.1, 0.15) is 0 Å². The number of hydrogen-bond acceptors (Lipinski definition) is 3. The van der Waals surface area contributed by atoms with Crippen LogP contribution in [0.15, 0.2) is 12.4 Å². The van der Waals surface area contributed by atoms with Crippen LogP contribution in [0.1, 0.15) is 51.1 Å². The van der Waals surface area contributed by atoms with Gasteiger partial charge in [-0.1, -0.05) is 0 Å². The predicted octanol–water partition coefficient (Wildman–Crippen LogP) is 2.13. The van der Waals surface area contributed by atoms with Crippen molar-refractivity contribution in [2.75, 3.05) is 19.6 Å². The Bertz CT molecular complexity index is 451. The molecule has 1 amide bonds. The molecule has 5 heteroatoms. The summed E-state index contributed by atoms with van der Waals surface area (Å²) in [6.45, 7) is 8.96. The average molecular weight is 292 g/mol. The molecule has 1 fully saturated rings. The van der Waals surface area contributed by atoms with Crippen LogP contribution in [0.2, 0.25) is 0 Å². The van der Waals surface area contributed by atoms with Crippen LogP contribution < -0.4 is 5.32 Å². The third kappa shape index (κ3) is 4.56. The van der Waals surface area contributed by atoms with Gasteiger partial charge in [-0.2, -0.15) is 5.10 Å². The number of aromatic nitrogens is 2. The zero-order valence-electron chi connectivity index (χ0n) is 13.5. The fourth-order valence-corrected chi connectivity index (χ4v) is 2.76. The predicted molar refractivity (Wildman–Crippen MR) is 84.2 cm³/mol. The van der Waals surface area contributed by atoms with Crippen LogP contribution in [-0.4, -0.2) is 46.3 Å². The monoisotopic (exact) mass is 292 g/mol. The first-order chi connectivity index (χ1) is 10.1. The van der Waals surface area contributed by atoms with Crippen molar-refractivity contribution in [2.45, 2.75) is 58.5 Å². The molecule has 2 heterocycles. The van der Waals surface area contributed by atoms with E-state index in [-0.39, 0.29) is 11.9 Å². The minimum Gasteiger partial charge on any atom is -0.343 e. The van der Waals surface area contributed by atoms with Crippen LogP contribution in [0.4, 0.5) is 0 Å². The zero-order valence-corrected chi connectivity index (χ0v) is 13.5. The summed E-state index contributed by atoms with van der Waals surface area (Å²) < 4.78 is 1.99. The molecule has 0 spiro atoms. The summed E-state index contributed by atoms with van der Waals surface area (Å²) in [5, 5.41) is 7.81. The van der Waals surface area contributed by atoms with Crippen molar-refractivity contribution < 1.29 is 4.79 Å². The van der Waals surface area contributed by atoms with Gasteiger partial charge in [0, 0.05) is 38.3 Å². The Morgan fingerprint density at radius 2 is 2.05 bits per heavy atom. The number of piperidine rings is 1. The fourth-order valence-electron chi connectivity index (χ4n) is 2.76. The number of rotatable bonds is 6. The summed E-state index contributed by atoms with van der Waals surface area (Å²) in [4.78, 5) is 14.1. The van der Waals surface area contributed by atoms with E-state index in [0.29, 0.717) is 12.5 Å². The molecule has 2 rings (SSSR count). The highest BCUT2D eigenvalue weighted by atomic mass is 16.2. The number of carbonyl (C=O) groups excluding carboxylic acids is 1. The number of likely N-dealkylation sites (tertiary alicyclic amines) is 1. The molecule has 2 atom stereocenters. The Morgan fingerprint density at radius 1 is 1.33 bits per heavy atom. The SMILES string of the molecule is Cc1cnn([C@@H](C)[C@@H](C)NCCC(=O)N2CCCCC2)c1. The standard InChI is InChI=1S/C16H28N4O/c1-13-11-18-20(12-13)15(3)14(2)17-8-7-16(21)19-9-5-4-6-10-19/h11-12,14-15,17H,4-10H2,1-3H3/t14-,15+/m1/s1. The van der Waals surface area contributed by atoms with Crippen molar-refractivity contribution in [1.29, 1.82) is 0 Å². The van der Waals surface area contributed by atoms with Crippen molar-refractivity contribution in [3.05, 3.63) is 18.0 Å². The summed E-state index contributed by atoms with van der Waals surface area (Å²) in [5.74, 6) is 0.289. The van der Waals surface area contributed by atoms with Crippen LogP contribution >= 0.6 is 0 Å². The van der Waals surface area contributed by atoms with E-state index >= 15 is 0 Å². The Hall–Kier alpha value is -1.36. The number of hydrogen-bond donors (Lipinski definition) is 1. The van der Waals surface area contributed by atoms with Crippen molar-refractivity contribution in [3.63, 3.8) is 0 Å². The Kier molecular flexibility index (Phi) is 5.79. The molecule has 1 N–H and O–H groups in total. The van der Waals surface area contributed by atoms with Gasteiger partial charge >= 0.3 is 0 Å². The second-order valence-electron chi connectivity index (χ2n) is 6.17. The molecule has 0 aliphatic carbocycles. The lowest BCUT2D eigenvalue weighted by atomic mass is 10.1. The molecule has 1 aliphatic rings. The quantitative estimate of drug-likeness (QED) is 0.874. The van der Waals surface area contributed by atoms with Gasteiger partial charge in [-0.25, -0.2) is 0 Å². The second-order valence-corrected chi connectivity index (χ2v) is 6.17. The second kappa shape index (κ2) is 7.59. The van der Waals surface area contributed by atoms with Crippen molar-refractivity contribution >= 4 is 5.91 Å². The summed E-state index contributed by atoms with van der Waals surface area (Å²) in [7, 11) is 0. The third-order valence-electron chi connectivity index (χ3n) is 4.39. The molecular weight excluding hydrogens is 264 g/mol. The molecule has 1 aromatic rings. The lowest BCUT2D eigenvalue weighted by Gasteiger charge is -2.27. The number of nitrogens with one attached hydrogen (secondary N) is 1. The summed E-state index contributed by atoms with van der Waals surface area (Å²) in [6, 6.07) is 0.572. The van der Waals surface area contributed by atoms with E-state index in [2.05, 4.69) is 30.5 Å². The first-order valence-electron chi connectivity index (χ1n) is 8.10. The molecule has 0 radical (unpaired) electrons. The van der Waals surface area contributed by atoms with Gasteiger partial charge in [-0.05, 0) is 45.6 Å². The molecule has 5 nitrogen and oxygen atoms in total. The molecular formula is C16H28N4O. The highest BCUT2D eigenvalue weighted by Gasteiger charge is 2.18. The van der Waals surface area contributed by atoms with Gasteiger partial charge in [-0.3, -0.25) is 9.48 Å². The van der Waals surface area contributed by atoms with Gasteiger partial charge in [0.25, 0.3) is 0 Å². The lowest BCUT2D eigenvalue weighted by molar-refractivity contribution is -0.132. The average Bonchev–Trinajstić information content (AvgIpc) is 2.93. The molecule has 118 valence electrons. The summed E-state index contributed by atoms with van der Waals surface area (Å²) in [5.41, 5.74) is 1.18. The fraction of sp³-hybridized carbons (Fsp3) is 0.750. The summed E-state index contributed by atoms with van der Waals surface area (Å²) >= 11 is 0. The van der Waals surface area contributed by atoms with Gasteiger partial charge in [-0.15, -0.1) is 0 Å². The zero-order chi connectivity index (χ0) is 15.2. The molecule has 1 saturated heterocycles. The maximum atomic E-state index is 12.1. The van der Waals surface area contributed by atoms with Crippen LogP contribution in [0.25, 0.3) is 0 Å². The Balaban J connectivity index is 1.71. The van der Waals surface area contributed by atoms with E-state index in [1.807, 2.05) is 22.7 Å². The van der Waals surface area contributed by atoms with Gasteiger partial charge in [0.05, 0.1) is 12.2 Å². The third-order valence-corrected chi connectivity index (χ3v) is 4.39. The van der Waals surface area contributed by atoms with E-state index in [1.54, 1.807) is 0 Å². The Labute approximate surface area is 127 Å². The lowest BCUT2D eigenvalue weighted by Crippen LogP contribution is -2.39. The smallest absolute Gasteiger partial charge is 0.223 e. The van der Waals surface area contributed by atoms with Crippen molar-refractivity contribution in [1.82, 2.24) is 20.0 Å². The maximum absolute atomic E-state index is 12.1. The number of aryl methyl sites for hydroxylation is 1. The Morgan fingerprint density at radius 3 is 2.67 bits per heavy atom.